The maximum atomic E-state index is 5.68. The van der Waals surface area contributed by atoms with Gasteiger partial charge >= 0.3 is 0 Å². The van der Waals surface area contributed by atoms with Crippen LogP contribution < -0.4 is 10.1 Å². The zero-order valence-corrected chi connectivity index (χ0v) is 10.9. The summed E-state index contributed by atoms with van der Waals surface area (Å²) in [4.78, 5) is 4.80. The molecule has 0 bridgehead atoms. The lowest BCUT2D eigenvalue weighted by Gasteiger charge is -2.12. The molecular formula is C15H18N2O. The third-order valence-electron chi connectivity index (χ3n) is 3.39. The fourth-order valence-corrected chi connectivity index (χ4v) is 2.31. The Labute approximate surface area is 107 Å². The fourth-order valence-electron chi connectivity index (χ4n) is 2.31. The quantitative estimate of drug-likeness (QED) is 0.890. The van der Waals surface area contributed by atoms with E-state index in [9.17, 15) is 0 Å². The molecule has 3 rings (SSSR count). The van der Waals surface area contributed by atoms with Crippen molar-refractivity contribution in [3.8, 4) is 5.75 Å². The number of ether oxygens (including phenoxy) is 1. The van der Waals surface area contributed by atoms with Crippen molar-refractivity contribution in [1.82, 2.24) is 4.98 Å². The molecule has 1 aliphatic carbocycles. The number of aromatic nitrogens is 1. The summed E-state index contributed by atoms with van der Waals surface area (Å²) in [7, 11) is 1.96. The van der Waals surface area contributed by atoms with Gasteiger partial charge in [0.25, 0.3) is 0 Å². The Morgan fingerprint density at radius 3 is 2.89 bits per heavy atom. The second-order valence-corrected chi connectivity index (χ2v) is 4.70. The van der Waals surface area contributed by atoms with Gasteiger partial charge in [0.05, 0.1) is 6.61 Å². The topological polar surface area (TPSA) is 34.1 Å². The average Bonchev–Trinajstić information content (AvgIpc) is 3.22. The molecule has 3 nitrogen and oxygen atoms in total. The Morgan fingerprint density at radius 2 is 2.22 bits per heavy atom. The Balaban J connectivity index is 2.21. The molecule has 0 saturated heterocycles. The van der Waals surface area contributed by atoms with Gasteiger partial charge in [0.2, 0.25) is 0 Å². The van der Waals surface area contributed by atoms with E-state index in [1.54, 1.807) is 0 Å². The van der Waals surface area contributed by atoms with Crippen LogP contribution in [0.3, 0.4) is 0 Å². The highest BCUT2D eigenvalue weighted by molar-refractivity contribution is 5.95. The lowest BCUT2D eigenvalue weighted by molar-refractivity contribution is 0.343. The molecule has 1 fully saturated rings. The molecule has 3 heteroatoms. The minimum atomic E-state index is 0.649. The fraction of sp³-hybridized carbons (Fsp3) is 0.400. The number of pyridine rings is 1. The number of nitrogens with zero attached hydrogens (tertiary/aromatic N) is 1. The van der Waals surface area contributed by atoms with Crippen LogP contribution in [0.5, 0.6) is 5.75 Å². The summed E-state index contributed by atoms with van der Waals surface area (Å²) >= 11 is 0. The normalized spacial score (nSPS) is 14.8. The molecule has 1 saturated carbocycles. The van der Waals surface area contributed by atoms with Crippen molar-refractivity contribution >= 4 is 16.6 Å². The molecule has 2 aromatic rings. The number of para-hydroxylation sites is 1. The molecule has 0 spiro atoms. The molecular weight excluding hydrogens is 224 g/mol. The van der Waals surface area contributed by atoms with Gasteiger partial charge in [-0.1, -0.05) is 12.1 Å². The van der Waals surface area contributed by atoms with Gasteiger partial charge in [-0.3, -0.25) is 0 Å². The van der Waals surface area contributed by atoms with E-state index >= 15 is 0 Å². The van der Waals surface area contributed by atoms with Crippen molar-refractivity contribution in [1.29, 1.82) is 0 Å². The molecule has 1 aromatic carbocycles. The van der Waals surface area contributed by atoms with Crippen molar-refractivity contribution in [3.63, 3.8) is 0 Å². The number of benzene rings is 1. The lowest BCUT2D eigenvalue weighted by atomic mass is 10.1. The number of nitrogens with one attached hydrogen (secondary N) is 1. The molecule has 0 aliphatic heterocycles. The highest BCUT2D eigenvalue weighted by atomic mass is 16.5. The molecule has 1 aromatic heterocycles. The van der Waals surface area contributed by atoms with Crippen LogP contribution >= 0.6 is 0 Å². The van der Waals surface area contributed by atoms with E-state index in [0.717, 1.165) is 22.3 Å². The van der Waals surface area contributed by atoms with E-state index in [2.05, 4.69) is 17.4 Å². The highest BCUT2D eigenvalue weighted by Gasteiger charge is 2.26. The van der Waals surface area contributed by atoms with E-state index in [1.165, 1.54) is 18.5 Å². The lowest BCUT2D eigenvalue weighted by Crippen LogP contribution is -1.99. The summed E-state index contributed by atoms with van der Waals surface area (Å²) in [5.41, 5.74) is 3.32. The van der Waals surface area contributed by atoms with Crippen LogP contribution in [-0.2, 0) is 0 Å². The minimum absolute atomic E-state index is 0.649. The molecule has 18 heavy (non-hydrogen) atoms. The number of anilines is 1. The first kappa shape index (κ1) is 11.3. The van der Waals surface area contributed by atoms with Gasteiger partial charge in [-0.2, -0.15) is 0 Å². The van der Waals surface area contributed by atoms with Gasteiger partial charge in [0.15, 0.2) is 0 Å². The Hall–Kier alpha value is -1.77. The Bertz CT molecular complexity index is 576. The predicted molar refractivity (Wildman–Crippen MR) is 74.4 cm³/mol. The zero-order valence-electron chi connectivity index (χ0n) is 10.9. The van der Waals surface area contributed by atoms with Crippen LogP contribution in [0.25, 0.3) is 10.9 Å². The largest absolute Gasteiger partial charge is 0.492 e. The van der Waals surface area contributed by atoms with Crippen LogP contribution in [-0.4, -0.2) is 18.6 Å². The monoisotopic (exact) mass is 242 g/mol. The summed E-state index contributed by atoms with van der Waals surface area (Å²) in [6, 6.07) is 8.28. The standard InChI is InChI=1S/C15H18N2O/c1-3-18-14-6-4-5-11-13(16-2)9-12(10-7-8-10)17-15(11)14/h4-6,9-10H,3,7-8H2,1-2H3,(H,16,17). The number of fused-ring (bicyclic) bond motifs is 1. The summed E-state index contributed by atoms with van der Waals surface area (Å²) in [6.45, 7) is 2.67. The second-order valence-electron chi connectivity index (χ2n) is 4.70. The number of rotatable bonds is 4. The first-order valence-electron chi connectivity index (χ1n) is 6.57. The summed E-state index contributed by atoms with van der Waals surface area (Å²) in [5, 5.41) is 4.40. The summed E-state index contributed by atoms with van der Waals surface area (Å²) < 4.78 is 5.68. The van der Waals surface area contributed by atoms with Crippen molar-refractivity contribution < 1.29 is 4.74 Å². The minimum Gasteiger partial charge on any atom is -0.492 e. The molecule has 1 heterocycles. The van der Waals surface area contributed by atoms with E-state index in [-0.39, 0.29) is 0 Å². The summed E-state index contributed by atoms with van der Waals surface area (Å²) in [5.74, 6) is 1.53. The molecule has 1 aliphatic rings. The summed E-state index contributed by atoms with van der Waals surface area (Å²) in [6.07, 6.45) is 2.52. The predicted octanol–water partition coefficient (Wildman–Crippen LogP) is 3.55. The van der Waals surface area contributed by atoms with Crippen LogP contribution in [0.15, 0.2) is 24.3 Å². The molecule has 1 N–H and O–H groups in total. The molecule has 94 valence electrons. The van der Waals surface area contributed by atoms with Gasteiger partial charge < -0.3 is 10.1 Å². The zero-order chi connectivity index (χ0) is 12.5. The van der Waals surface area contributed by atoms with Crippen LogP contribution in [0.1, 0.15) is 31.4 Å². The van der Waals surface area contributed by atoms with E-state index in [0.29, 0.717) is 12.5 Å². The Kier molecular flexibility index (Phi) is 2.82. The number of hydrogen-bond donors (Lipinski definition) is 1. The smallest absolute Gasteiger partial charge is 0.145 e. The van der Waals surface area contributed by atoms with Crippen molar-refractivity contribution in [2.75, 3.05) is 19.0 Å². The van der Waals surface area contributed by atoms with Crippen LogP contribution in [0.4, 0.5) is 5.69 Å². The van der Waals surface area contributed by atoms with Gasteiger partial charge in [-0.05, 0) is 31.9 Å². The maximum Gasteiger partial charge on any atom is 0.145 e. The van der Waals surface area contributed by atoms with Gasteiger partial charge in [0.1, 0.15) is 11.3 Å². The third kappa shape index (κ3) is 1.90. The van der Waals surface area contributed by atoms with E-state index in [1.807, 2.05) is 26.1 Å². The van der Waals surface area contributed by atoms with Gasteiger partial charge in [-0.15, -0.1) is 0 Å². The van der Waals surface area contributed by atoms with E-state index in [4.69, 9.17) is 9.72 Å². The third-order valence-corrected chi connectivity index (χ3v) is 3.39. The Morgan fingerprint density at radius 1 is 1.39 bits per heavy atom. The molecule has 0 atom stereocenters. The SMILES string of the molecule is CCOc1cccc2c(NC)cc(C3CC3)nc12. The average molecular weight is 242 g/mol. The van der Waals surface area contributed by atoms with Crippen LogP contribution in [0.2, 0.25) is 0 Å². The molecule has 0 amide bonds. The maximum absolute atomic E-state index is 5.68. The van der Waals surface area contributed by atoms with Crippen molar-refractivity contribution in [3.05, 3.63) is 30.0 Å². The van der Waals surface area contributed by atoms with E-state index < -0.39 is 0 Å². The molecule has 0 radical (unpaired) electrons. The number of hydrogen-bond acceptors (Lipinski definition) is 3. The van der Waals surface area contributed by atoms with Gasteiger partial charge in [-0.25, -0.2) is 4.98 Å². The molecule has 0 unspecified atom stereocenters. The van der Waals surface area contributed by atoms with Crippen LogP contribution in [0, 0.1) is 0 Å². The second kappa shape index (κ2) is 4.48. The van der Waals surface area contributed by atoms with Gasteiger partial charge in [0, 0.05) is 29.7 Å². The first-order valence-corrected chi connectivity index (χ1v) is 6.57. The highest BCUT2D eigenvalue weighted by Crippen LogP contribution is 2.42. The first-order chi connectivity index (χ1) is 8.83. The van der Waals surface area contributed by atoms with Crippen molar-refractivity contribution in [2.24, 2.45) is 0 Å². The van der Waals surface area contributed by atoms with Crippen molar-refractivity contribution in [2.45, 2.75) is 25.7 Å².